The van der Waals surface area contributed by atoms with Crippen molar-refractivity contribution in [1.82, 2.24) is 4.98 Å². The summed E-state index contributed by atoms with van der Waals surface area (Å²) < 4.78 is 60.8. The fourth-order valence-corrected chi connectivity index (χ4v) is 6.15. The first-order valence-corrected chi connectivity index (χ1v) is 14.6. The number of nitrogens with one attached hydrogen (secondary N) is 2. The molecule has 0 aliphatic carbocycles. The monoisotopic (exact) mass is 586 g/mol. The molecule has 10 nitrogen and oxygen atoms in total. The molecular weight excluding hydrogens is 564 g/mol. The number of halogens is 1. The number of hydrogen-bond acceptors (Lipinski definition) is 7. The summed E-state index contributed by atoms with van der Waals surface area (Å²) in [4.78, 5) is 16.8. The molecule has 2 N–H and O–H groups in total. The highest BCUT2D eigenvalue weighted by Gasteiger charge is 2.27. The summed E-state index contributed by atoms with van der Waals surface area (Å²) >= 11 is 6.10. The van der Waals surface area contributed by atoms with Gasteiger partial charge in [-0.25, -0.2) is 16.8 Å². The van der Waals surface area contributed by atoms with Gasteiger partial charge in [0.15, 0.2) is 0 Å². The number of sulfonamides is 2. The molecule has 0 aliphatic rings. The van der Waals surface area contributed by atoms with Crippen LogP contribution in [0, 0.1) is 0 Å². The van der Waals surface area contributed by atoms with E-state index in [4.69, 9.17) is 16.3 Å². The number of benzene rings is 3. The summed E-state index contributed by atoms with van der Waals surface area (Å²) in [6, 6.07) is 20.5. The maximum absolute atomic E-state index is 13.5. The number of pyridine rings is 1. The molecule has 39 heavy (non-hydrogen) atoms. The van der Waals surface area contributed by atoms with Crippen molar-refractivity contribution in [3.63, 3.8) is 0 Å². The minimum absolute atomic E-state index is 0.0352. The van der Waals surface area contributed by atoms with Gasteiger partial charge in [0.2, 0.25) is 5.91 Å². The molecule has 0 bridgehead atoms. The van der Waals surface area contributed by atoms with E-state index in [0.29, 0.717) is 16.5 Å². The number of anilines is 3. The van der Waals surface area contributed by atoms with Gasteiger partial charge in [0.1, 0.15) is 12.3 Å². The number of nitrogens with zero attached hydrogens (tertiary/aromatic N) is 2. The van der Waals surface area contributed by atoms with E-state index in [2.05, 4.69) is 15.0 Å². The average molecular weight is 587 g/mol. The van der Waals surface area contributed by atoms with Crippen LogP contribution in [0.4, 0.5) is 17.1 Å². The van der Waals surface area contributed by atoms with E-state index in [0.717, 1.165) is 4.31 Å². The van der Waals surface area contributed by atoms with Crippen LogP contribution in [0.5, 0.6) is 5.75 Å². The first kappa shape index (κ1) is 27.9. The maximum Gasteiger partial charge on any atom is 0.264 e. The molecule has 0 fully saturated rings. The Kier molecular flexibility index (Phi) is 8.38. The zero-order chi connectivity index (χ0) is 28.0. The van der Waals surface area contributed by atoms with Crippen LogP contribution in [0.2, 0.25) is 5.02 Å². The van der Waals surface area contributed by atoms with Gasteiger partial charge in [0.25, 0.3) is 20.0 Å². The van der Waals surface area contributed by atoms with E-state index in [1.54, 1.807) is 24.3 Å². The van der Waals surface area contributed by atoms with E-state index >= 15 is 0 Å². The van der Waals surface area contributed by atoms with Gasteiger partial charge in [-0.2, -0.15) is 0 Å². The molecule has 1 aromatic heterocycles. The fourth-order valence-electron chi connectivity index (χ4n) is 3.51. The molecule has 202 valence electrons. The van der Waals surface area contributed by atoms with Crippen LogP contribution in [-0.4, -0.2) is 41.4 Å². The van der Waals surface area contributed by atoms with Crippen LogP contribution in [-0.2, 0) is 24.8 Å². The molecule has 3 aromatic carbocycles. The number of amides is 1. The van der Waals surface area contributed by atoms with Gasteiger partial charge in [-0.3, -0.25) is 18.8 Å². The van der Waals surface area contributed by atoms with Crippen LogP contribution >= 0.6 is 11.6 Å². The van der Waals surface area contributed by atoms with Gasteiger partial charge < -0.3 is 10.1 Å². The van der Waals surface area contributed by atoms with E-state index in [9.17, 15) is 21.6 Å². The van der Waals surface area contributed by atoms with E-state index in [-0.39, 0.29) is 21.2 Å². The summed E-state index contributed by atoms with van der Waals surface area (Å²) in [5, 5.41) is 2.89. The first-order chi connectivity index (χ1) is 18.6. The second kappa shape index (κ2) is 11.7. The van der Waals surface area contributed by atoms with Crippen molar-refractivity contribution in [3.8, 4) is 5.75 Å². The van der Waals surface area contributed by atoms with Gasteiger partial charge in [0.05, 0.1) is 34.5 Å². The molecule has 1 amide bonds. The molecule has 0 saturated carbocycles. The van der Waals surface area contributed by atoms with Crippen molar-refractivity contribution in [2.75, 3.05) is 28.0 Å². The first-order valence-electron chi connectivity index (χ1n) is 11.3. The van der Waals surface area contributed by atoms with Crippen LogP contribution in [0.15, 0.2) is 107 Å². The fraction of sp³-hybridized carbons (Fsp3) is 0.0769. The summed E-state index contributed by atoms with van der Waals surface area (Å²) in [5.41, 5.74) is 0.763. The lowest BCUT2D eigenvalue weighted by Gasteiger charge is -2.24. The van der Waals surface area contributed by atoms with Crippen molar-refractivity contribution < 1.29 is 26.4 Å². The molecule has 1 heterocycles. The van der Waals surface area contributed by atoms with Crippen LogP contribution in [0.1, 0.15) is 0 Å². The summed E-state index contributed by atoms with van der Waals surface area (Å²) in [6.45, 7) is -0.572. The standard InChI is InChI=1S/C26H23ClN4O6S2/c1-37-23-9-13-25(14-10-23)39(35,36)31(22-6-2-4-19(27)16-22)18-26(32)29-20-7-11-24(12-8-20)38(33,34)30-21-5-3-15-28-17-21/h2-17,30H,18H2,1H3,(H,29,32). The molecule has 0 unspecified atom stereocenters. The molecule has 0 aliphatic heterocycles. The SMILES string of the molecule is COc1ccc(S(=O)(=O)N(CC(=O)Nc2ccc(S(=O)(=O)Nc3cccnc3)cc2)c2cccc(Cl)c2)cc1. The summed E-state index contributed by atoms with van der Waals surface area (Å²) in [7, 11) is -6.59. The third-order valence-corrected chi connectivity index (χ3v) is 8.81. The Morgan fingerprint density at radius 2 is 1.59 bits per heavy atom. The van der Waals surface area contributed by atoms with Crippen LogP contribution in [0.3, 0.4) is 0 Å². The van der Waals surface area contributed by atoms with E-state index < -0.39 is 32.5 Å². The number of hydrogen-bond donors (Lipinski definition) is 2. The maximum atomic E-state index is 13.5. The second-order valence-corrected chi connectivity index (χ2v) is 12.1. The predicted molar refractivity (Wildman–Crippen MR) is 149 cm³/mol. The molecule has 4 rings (SSSR count). The molecule has 0 spiro atoms. The lowest BCUT2D eigenvalue weighted by molar-refractivity contribution is -0.114. The Labute approximate surface area is 231 Å². The lowest BCUT2D eigenvalue weighted by atomic mass is 10.3. The number of rotatable bonds is 10. The number of carbonyl (C=O) groups excluding carboxylic acids is 1. The highest BCUT2D eigenvalue weighted by atomic mass is 35.5. The van der Waals surface area contributed by atoms with Crippen molar-refractivity contribution in [1.29, 1.82) is 0 Å². The minimum atomic E-state index is -4.17. The quantitative estimate of drug-likeness (QED) is 0.281. The Morgan fingerprint density at radius 3 is 2.21 bits per heavy atom. The van der Waals surface area contributed by atoms with Gasteiger partial charge in [-0.15, -0.1) is 0 Å². The van der Waals surface area contributed by atoms with Crippen molar-refractivity contribution in [3.05, 3.63) is 102 Å². The number of aromatic nitrogens is 1. The summed E-state index contributed by atoms with van der Waals surface area (Å²) in [5.74, 6) is -0.182. The number of carbonyl (C=O) groups is 1. The van der Waals surface area contributed by atoms with Crippen LogP contribution in [0.25, 0.3) is 0 Å². The molecule has 0 atom stereocenters. The normalized spacial score (nSPS) is 11.4. The van der Waals surface area contributed by atoms with Gasteiger partial charge in [-0.1, -0.05) is 17.7 Å². The third kappa shape index (κ3) is 6.85. The van der Waals surface area contributed by atoms with Gasteiger partial charge >= 0.3 is 0 Å². The van der Waals surface area contributed by atoms with E-state index in [1.807, 2.05) is 0 Å². The number of methoxy groups -OCH3 is 1. The largest absolute Gasteiger partial charge is 0.497 e. The minimum Gasteiger partial charge on any atom is -0.497 e. The Balaban J connectivity index is 1.54. The van der Waals surface area contributed by atoms with Gasteiger partial charge in [0, 0.05) is 16.9 Å². The zero-order valence-corrected chi connectivity index (χ0v) is 22.9. The third-order valence-electron chi connectivity index (χ3n) is 5.39. The highest BCUT2D eigenvalue weighted by molar-refractivity contribution is 7.93. The topological polar surface area (TPSA) is 135 Å². The Morgan fingerprint density at radius 1 is 0.897 bits per heavy atom. The lowest BCUT2D eigenvalue weighted by Crippen LogP contribution is -2.38. The average Bonchev–Trinajstić information content (AvgIpc) is 2.92. The van der Waals surface area contributed by atoms with E-state index in [1.165, 1.54) is 80.2 Å². The summed E-state index contributed by atoms with van der Waals surface area (Å²) in [6.07, 6.45) is 2.89. The Bertz CT molecular complexity index is 1670. The molecule has 13 heteroatoms. The van der Waals surface area contributed by atoms with Crippen molar-refractivity contribution in [2.24, 2.45) is 0 Å². The highest BCUT2D eigenvalue weighted by Crippen LogP contribution is 2.27. The van der Waals surface area contributed by atoms with Crippen LogP contribution < -0.4 is 19.1 Å². The van der Waals surface area contributed by atoms with Crippen molar-refractivity contribution >= 4 is 54.6 Å². The Hall–Kier alpha value is -4.13. The predicted octanol–water partition coefficient (Wildman–Crippen LogP) is 4.38. The molecular formula is C26H23ClN4O6S2. The smallest absolute Gasteiger partial charge is 0.264 e. The number of ether oxygens (including phenoxy) is 1. The zero-order valence-electron chi connectivity index (χ0n) is 20.5. The van der Waals surface area contributed by atoms with Crippen molar-refractivity contribution in [2.45, 2.75) is 9.79 Å². The molecule has 0 saturated heterocycles. The van der Waals surface area contributed by atoms with Gasteiger partial charge in [-0.05, 0) is 78.9 Å². The molecule has 0 radical (unpaired) electrons. The molecule has 4 aromatic rings. The second-order valence-electron chi connectivity index (χ2n) is 8.09.